The van der Waals surface area contributed by atoms with Crippen molar-refractivity contribution in [3.8, 4) is 11.8 Å². The predicted molar refractivity (Wildman–Crippen MR) is 67.7 cm³/mol. The summed E-state index contributed by atoms with van der Waals surface area (Å²) in [6.45, 7) is 3.40. The minimum atomic E-state index is -0.779. The summed E-state index contributed by atoms with van der Waals surface area (Å²) in [6.07, 6.45) is 2.63. The molecular weight excluding hydrogens is 249 g/mol. The molecule has 0 heterocycles. The van der Waals surface area contributed by atoms with E-state index in [0.717, 1.165) is 6.07 Å². The molecule has 0 aliphatic rings. The first kappa shape index (κ1) is 14.5. The number of halogens is 1. The molecule has 98 valence electrons. The Labute approximate surface area is 110 Å². The van der Waals surface area contributed by atoms with Crippen LogP contribution in [0.2, 0.25) is 0 Å². The number of carbonyl (C=O) groups excluding carboxylic acids is 1. The molecule has 1 rings (SSSR count). The molecule has 1 aromatic rings. The van der Waals surface area contributed by atoms with Gasteiger partial charge in [-0.2, -0.15) is 5.26 Å². The molecule has 0 aliphatic heterocycles. The lowest BCUT2D eigenvalue weighted by atomic mass is 10.1. The third kappa shape index (κ3) is 3.96. The molecule has 0 fully saturated rings. The molecule has 0 spiro atoms. The summed E-state index contributed by atoms with van der Waals surface area (Å²) in [5.74, 6) is -1.27. The standard InChI is InChI=1S/C14H12FNO3/c1-3-6-19-14(17)11(9-16)7-10-4-5-13(18-2)12(15)8-10/h3-5,7-8H,1,6H2,2H3/b11-7-. The Morgan fingerprint density at radius 3 is 2.84 bits per heavy atom. The van der Waals surface area contributed by atoms with Gasteiger partial charge in [0, 0.05) is 0 Å². The van der Waals surface area contributed by atoms with Crippen molar-refractivity contribution in [2.24, 2.45) is 0 Å². The number of hydrogen-bond acceptors (Lipinski definition) is 4. The van der Waals surface area contributed by atoms with Crippen LogP contribution in [0.5, 0.6) is 5.75 Å². The SMILES string of the molecule is C=CCOC(=O)/C(C#N)=C\c1ccc(OC)c(F)c1. The Kier molecular flexibility index (Phi) is 5.30. The lowest BCUT2D eigenvalue weighted by molar-refractivity contribution is -0.137. The summed E-state index contributed by atoms with van der Waals surface area (Å²) in [6, 6.07) is 5.81. The van der Waals surface area contributed by atoms with Crippen molar-refractivity contribution in [3.63, 3.8) is 0 Å². The van der Waals surface area contributed by atoms with Gasteiger partial charge in [-0.1, -0.05) is 18.7 Å². The van der Waals surface area contributed by atoms with Crippen LogP contribution in [0.4, 0.5) is 4.39 Å². The highest BCUT2D eigenvalue weighted by Crippen LogP contribution is 2.19. The molecule has 0 bridgehead atoms. The van der Waals surface area contributed by atoms with Gasteiger partial charge in [-0.05, 0) is 23.8 Å². The fourth-order valence-electron chi connectivity index (χ4n) is 1.29. The van der Waals surface area contributed by atoms with Gasteiger partial charge in [0.2, 0.25) is 0 Å². The first-order valence-electron chi connectivity index (χ1n) is 5.35. The second kappa shape index (κ2) is 6.97. The van der Waals surface area contributed by atoms with Crippen LogP contribution >= 0.6 is 0 Å². The summed E-state index contributed by atoms with van der Waals surface area (Å²) < 4.78 is 22.9. The van der Waals surface area contributed by atoms with Crippen LogP contribution in [0.3, 0.4) is 0 Å². The minimum absolute atomic E-state index is 0.00876. The summed E-state index contributed by atoms with van der Waals surface area (Å²) in [4.78, 5) is 11.5. The van der Waals surface area contributed by atoms with E-state index in [2.05, 4.69) is 6.58 Å². The molecule has 0 unspecified atom stereocenters. The van der Waals surface area contributed by atoms with Gasteiger partial charge in [-0.3, -0.25) is 0 Å². The molecule has 0 saturated carbocycles. The van der Waals surface area contributed by atoms with Gasteiger partial charge in [0.1, 0.15) is 18.2 Å². The number of benzene rings is 1. The molecule has 0 N–H and O–H groups in total. The first-order chi connectivity index (χ1) is 9.12. The molecular formula is C14H12FNO3. The maximum Gasteiger partial charge on any atom is 0.349 e. The highest BCUT2D eigenvalue weighted by Gasteiger charge is 2.10. The van der Waals surface area contributed by atoms with Crippen molar-refractivity contribution < 1.29 is 18.7 Å². The maximum absolute atomic E-state index is 13.4. The van der Waals surface area contributed by atoms with Crippen LogP contribution in [0.1, 0.15) is 5.56 Å². The second-order valence-electron chi connectivity index (χ2n) is 3.45. The topological polar surface area (TPSA) is 59.3 Å². The summed E-state index contributed by atoms with van der Waals surface area (Å²) in [7, 11) is 1.35. The zero-order valence-corrected chi connectivity index (χ0v) is 10.4. The van der Waals surface area contributed by atoms with E-state index in [9.17, 15) is 9.18 Å². The second-order valence-corrected chi connectivity index (χ2v) is 3.45. The highest BCUT2D eigenvalue weighted by molar-refractivity contribution is 5.97. The zero-order valence-electron chi connectivity index (χ0n) is 10.4. The van der Waals surface area contributed by atoms with E-state index in [1.54, 1.807) is 6.07 Å². The van der Waals surface area contributed by atoms with Crippen LogP contribution in [-0.2, 0) is 9.53 Å². The van der Waals surface area contributed by atoms with Gasteiger partial charge < -0.3 is 9.47 Å². The molecule has 0 aliphatic carbocycles. The number of nitrogens with zero attached hydrogens (tertiary/aromatic N) is 1. The van der Waals surface area contributed by atoms with Crippen LogP contribution in [0, 0.1) is 17.1 Å². The van der Waals surface area contributed by atoms with Gasteiger partial charge in [-0.15, -0.1) is 0 Å². The number of nitriles is 1. The fraction of sp³-hybridized carbons (Fsp3) is 0.143. The van der Waals surface area contributed by atoms with Crippen LogP contribution < -0.4 is 4.74 Å². The normalized spacial score (nSPS) is 10.5. The monoisotopic (exact) mass is 261 g/mol. The van der Waals surface area contributed by atoms with E-state index in [-0.39, 0.29) is 17.9 Å². The van der Waals surface area contributed by atoms with E-state index < -0.39 is 11.8 Å². The van der Waals surface area contributed by atoms with Gasteiger partial charge in [0.05, 0.1) is 7.11 Å². The zero-order chi connectivity index (χ0) is 14.3. The smallest absolute Gasteiger partial charge is 0.349 e. The number of hydrogen-bond donors (Lipinski definition) is 0. The lowest BCUT2D eigenvalue weighted by Gasteiger charge is -2.03. The van der Waals surface area contributed by atoms with Crippen molar-refractivity contribution in [1.29, 1.82) is 5.26 Å². The third-order valence-electron chi connectivity index (χ3n) is 2.16. The van der Waals surface area contributed by atoms with Gasteiger partial charge in [0.25, 0.3) is 0 Å². The lowest BCUT2D eigenvalue weighted by Crippen LogP contribution is -2.06. The number of ether oxygens (including phenoxy) is 2. The molecule has 0 aromatic heterocycles. The fourth-order valence-corrected chi connectivity index (χ4v) is 1.29. The van der Waals surface area contributed by atoms with Crippen molar-refractivity contribution >= 4 is 12.0 Å². The first-order valence-corrected chi connectivity index (χ1v) is 5.35. The third-order valence-corrected chi connectivity index (χ3v) is 2.16. The Balaban J connectivity index is 2.98. The Bertz CT molecular complexity index is 558. The molecule has 0 amide bonds. The number of carbonyl (C=O) groups is 1. The number of rotatable bonds is 5. The summed E-state index contributed by atoms with van der Waals surface area (Å²) >= 11 is 0. The quantitative estimate of drug-likeness (QED) is 0.353. The van der Waals surface area contributed by atoms with Crippen LogP contribution in [-0.4, -0.2) is 19.7 Å². The Morgan fingerprint density at radius 2 is 2.32 bits per heavy atom. The molecule has 0 radical (unpaired) electrons. The average molecular weight is 261 g/mol. The van der Waals surface area contributed by atoms with E-state index in [4.69, 9.17) is 14.7 Å². The van der Waals surface area contributed by atoms with E-state index in [1.165, 1.54) is 31.4 Å². The molecule has 0 saturated heterocycles. The molecule has 4 nitrogen and oxygen atoms in total. The molecule has 19 heavy (non-hydrogen) atoms. The highest BCUT2D eigenvalue weighted by atomic mass is 19.1. The predicted octanol–water partition coefficient (Wildman–Crippen LogP) is 2.47. The summed E-state index contributed by atoms with van der Waals surface area (Å²) in [5.41, 5.74) is 0.150. The summed E-state index contributed by atoms with van der Waals surface area (Å²) in [5, 5.41) is 8.86. The van der Waals surface area contributed by atoms with Gasteiger partial charge >= 0.3 is 5.97 Å². The number of methoxy groups -OCH3 is 1. The minimum Gasteiger partial charge on any atom is -0.494 e. The largest absolute Gasteiger partial charge is 0.494 e. The molecule has 1 aromatic carbocycles. The van der Waals surface area contributed by atoms with Crippen LogP contribution in [0.15, 0.2) is 36.4 Å². The molecule has 0 atom stereocenters. The van der Waals surface area contributed by atoms with Gasteiger partial charge in [-0.25, -0.2) is 9.18 Å². The number of esters is 1. The van der Waals surface area contributed by atoms with Gasteiger partial charge in [0.15, 0.2) is 11.6 Å². The molecule has 5 heteroatoms. The maximum atomic E-state index is 13.4. The van der Waals surface area contributed by atoms with Crippen molar-refractivity contribution in [3.05, 3.63) is 47.8 Å². The van der Waals surface area contributed by atoms with E-state index in [1.807, 2.05) is 0 Å². The van der Waals surface area contributed by atoms with Crippen molar-refractivity contribution in [2.45, 2.75) is 0 Å². The Hall–Kier alpha value is -2.61. The van der Waals surface area contributed by atoms with Crippen LogP contribution in [0.25, 0.3) is 6.08 Å². The van der Waals surface area contributed by atoms with E-state index in [0.29, 0.717) is 5.56 Å². The van der Waals surface area contributed by atoms with E-state index >= 15 is 0 Å². The van der Waals surface area contributed by atoms with Crippen molar-refractivity contribution in [1.82, 2.24) is 0 Å². The van der Waals surface area contributed by atoms with Crippen molar-refractivity contribution in [2.75, 3.05) is 13.7 Å². The Morgan fingerprint density at radius 1 is 1.58 bits per heavy atom. The average Bonchev–Trinajstić information content (AvgIpc) is 2.42.